The zero-order valence-electron chi connectivity index (χ0n) is 10.9. The van der Waals surface area contributed by atoms with Crippen LogP contribution in [0.1, 0.15) is 13.3 Å². The molecule has 0 bridgehead atoms. The van der Waals surface area contributed by atoms with Crippen LogP contribution in [0.5, 0.6) is 0 Å². The maximum atomic E-state index is 11.5. The third-order valence-electron chi connectivity index (χ3n) is 2.96. The molecule has 0 aromatic heterocycles. The van der Waals surface area contributed by atoms with Crippen molar-refractivity contribution in [2.24, 2.45) is 0 Å². The number of hydrogen-bond acceptors (Lipinski definition) is 3. The molecule has 1 aromatic rings. The summed E-state index contributed by atoms with van der Waals surface area (Å²) in [6, 6.07) is 10.5. The van der Waals surface area contributed by atoms with Crippen LogP contribution in [0.25, 0.3) is 0 Å². The summed E-state index contributed by atoms with van der Waals surface area (Å²) in [4.78, 5) is 24.6. The Morgan fingerprint density at radius 3 is 2.79 bits per heavy atom. The first kappa shape index (κ1) is 14.1. The van der Waals surface area contributed by atoms with Gasteiger partial charge < -0.3 is 0 Å². The molecule has 1 aliphatic heterocycles. The van der Waals surface area contributed by atoms with Crippen molar-refractivity contribution in [2.75, 3.05) is 13.2 Å². The standard InChI is InChI=1S/C14H17NO3Se/c1-2-18-14(17)9-15-11(8-13(15)16)10-19-12-6-4-3-5-7-12/h3-7,11H,2,8-10H2,1H3. The van der Waals surface area contributed by atoms with Crippen LogP contribution >= 0.6 is 0 Å². The van der Waals surface area contributed by atoms with Crippen molar-refractivity contribution < 1.29 is 14.3 Å². The second kappa shape index (κ2) is 6.73. The second-order valence-electron chi connectivity index (χ2n) is 4.31. The van der Waals surface area contributed by atoms with Gasteiger partial charge in [-0.1, -0.05) is 0 Å². The predicted octanol–water partition coefficient (Wildman–Crippen LogP) is 0.598. The number of carbonyl (C=O) groups excluding carboxylic acids is 2. The van der Waals surface area contributed by atoms with E-state index in [4.69, 9.17) is 4.74 Å². The molecule has 5 heteroatoms. The van der Waals surface area contributed by atoms with Crippen molar-refractivity contribution in [3.8, 4) is 0 Å². The Morgan fingerprint density at radius 1 is 1.42 bits per heavy atom. The molecule has 0 saturated carbocycles. The van der Waals surface area contributed by atoms with Gasteiger partial charge in [0, 0.05) is 0 Å². The molecule has 1 amide bonds. The van der Waals surface area contributed by atoms with E-state index >= 15 is 0 Å². The van der Waals surface area contributed by atoms with Crippen molar-refractivity contribution in [1.82, 2.24) is 4.90 Å². The zero-order valence-corrected chi connectivity index (χ0v) is 12.6. The van der Waals surface area contributed by atoms with Crippen molar-refractivity contribution in [2.45, 2.75) is 24.7 Å². The van der Waals surface area contributed by atoms with Crippen LogP contribution in [0, 0.1) is 0 Å². The molecule has 1 fully saturated rings. The molecule has 1 heterocycles. The van der Waals surface area contributed by atoms with E-state index in [1.165, 1.54) is 4.46 Å². The van der Waals surface area contributed by atoms with Gasteiger partial charge in [0.05, 0.1) is 0 Å². The summed E-state index contributed by atoms with van der Waals surface area (Å²) in [5.74, 6) is -0.255. The van der Waals surface area contributed by atoms with Gasteiger partial charge in [0.1, 0.15) is 0 Å². The number of β-lactam (4-membered cyclic amide) rings is 1. The molecule has 0 aliphatic carbocycles. The molecule has 19 heavy (non-hydrogen) atoms. The van der Waals surface area contributed by atoms with Gasteiger partial charge in [-0.3, -0.25) is 0 Å². The van der Waals surface area contributed by atoms with E-state index in [0.29, 0.717) is 28.0 Å². The minimum absolute atomic E-state index is 0.0573. The number of amides is 1. The predicted molar refractivity (Wildman–Crippen MR) is 73.4 cm³/mol. The van der Waals surface area contributed by atoms with Crippen LogP contribution in [0.15, 0.2) is 30.3 Å². The molecule has 1 aromatic carbocycles. The zero-order chi connectivity index (χ0) is 13.7. The van der Waals surface area contributed by atoms with Crippen LogP contribution < -0.4 is 4.46 Å². The van der Waals surface area contributed by atoms with Gasteiger partial charge in [0.2, 0.25) is 0 Å². The van der Waals surface area contributed by atoms with Crippen LogP contribution in [0.4, 0.5) is 0 Å². The molecule has 0 N–H and O–H groups in total. The molecule has 1 unspecified atom stereocenters. The Kier molecular flexibility index (Phi) is 4.99. The maximum absolute atomic E-state index is 11.5. The van der Waals surface area contributed by atoms with Gasteiger partial charge in [-0.05, 0) is 0 Å². The molecular weight excluding hydrogens is 309 g/mol. The summed E-state index contributed by atoms with van der Waals surface area (Å²) >= 11 is 0.347. The third-order valence-corrected chi connectivity index (χ3v) is 5.39. The summed E-state index contributed by atoms with van der Waals surface area (Å²) in [6.07, 6.45) is 0.563. The normalized spacial score (nSPS) is 18.1. The molecule has 1 aliphatic rings. The van der Waals surface area contributed by atoms with E-state index < -0.39 is 0 Å². The molecular formula is C14H17NO3Se. The summed E-state index contributed by atoms with van der Waals surface area (Å²) in [6.45, 7) is 2.23. The summed E-state index contributed by atoms with van der Waals surface area (Å²) in [5, 5.41) is 0.960. The van der Waals surface area contributed by atoms with Crippen molar-refractivity contribution in [1.29, 1.82) is 0 Å². The van der Waals surface area contributed by atoms with E-state index in [2.05, 4.69) is 12.1 Å². The fourth-order valence-corrected chi connectivity index (χ4v) is 4.11. The Labute approximate surface area is 119 Å². The molecule has 0 radical (unpaired) electrons. The van der Waals surface area contributed by atoms with Gasteiger partial charge in [0.15, 0.2) is 0 Å². The van der Waals surface area contributed by atoms with Gasteiger partial charge in [-0.2, -0.15) is 0 Å². The van der Waals surface area contributed by atoms with Crippen LogP contribution in [0.2, 0.25) is 5.32 Å². The molecule has 0 spiro atoms. The number of ether oxygens (including phenoxy) is 1. The average Bonchev–Trinajstić information content (AvgIpc) is 2.42. The van der Waals surface area contributed by atoms with Gasteiger partial charge in [-0.25, -0.2) is 0 Å². The number of hydrogen-bond donors (Lipinski definition) is 0. The second-order valence-corrected chi connectivity index (χ2v) is 6.60. The van der Waals surface area contributed by atoms with E-state index in [9.17, 15) is 9.59 Å². The van der Waals surface area contributed by atoms with E-state index in [1.54, 1.807) is 11.8 Å². The fourth-order valence-electron chi connectivity index (χ4n) is 1.94. The monoisotopic (exact) mass is 327 g/mol. The van der Waals surface area contributed by atoms with Crippen LogP contribution in [-0.4, -0.2) is 50.9 Å². The minimum atomic E-state index is -0.312. The van der Waals surface area contributed by atoms with Gasteiger partial charge >= 0.3 is 119 Å². The van der Waals surface area contributed by atoms with Gasteiger partial charge in [-0.15, -0.1) is 0 Å². The Balaban J connectivity index is 1.81. The summed E-state index contributed by atoms with van der Waals surface area (Å²) in [7, 11) is 0. The van der Waals surface area contributed by atoms with E-state index in [0.717, 1.165) is 5.32 Å². The molecule has 4 nitrogen and oxygen atoms in total. The number of esters is 1. The first-order chi connectivity index (χ1) is 9.20. The quantitative estimate of drug-likeness (QED) is 0.437. The Morgan fingerprint density at radius 2 is 2.16 bits per heavy atom. The summed E-state index contributed by atoms with van der Waals surface area (Å²) in [5.41, 5.74) is 0. The van der Waals surface area contributed by atoms with Gasteiger partial charge in [0.25, 0.3) is 0 Å². The Bertz CT molecular complexity index is 449. The van der Waals surface area contributed by atoms with Crippen LogP contribution in [0.3, 0.4) is 0 Å². The number of benzene rings is 1. The Hall–Kier alpha value is -1.32. The number of likely N-dealkylation sites (tertiary alicyclic amines) is 1. The number of nitrogens with zero attached hydrogens (tertiary/aromatic N) is 1. The average molecular weight is 326 g/mol. The van der Waals surface area contributed by atoms with E-state index in [-0.39, 0.29) is 24.5 Å². The first-order valence-corrected chi connectivity index (χ1v) is 8.40. The van der Waals surface area contributed by atoms with Crippen molar-refractivity contribution in [3.63, 3.8) is 0 Å². The van der Waals surface area contributed by atoms with E-state index in [1.807, 2.05) is 18.2 Å². The summed E-state index contributed by atoms with van der Waals surface area (Å²) < 4.78 is 6.20. The molecule has 102 valence electrons. The molecule has 1 atom stereocenters. The topological polar surface area (TPSA) is 46.6 Å². The fraction of sp³-hybridized carbons (Fsp3) is 0.429. The SMILES string of the molecule is CCOC(=O)CN1C(=O)CC1C[Se]c1ccccc1. The molecule has 2 rings (SSSR count). The number of rotatable bonds is 6. The first-order valence-electron chi connectivity index (χ1n) is 6.33. The van der Waals surface area contributed by atoms with Crippen LogP contribution in [-0.2, 0) is 14.3 Å². The molecule has 1 saturated heterocycles. The third kappa shape index (κ3) is 3.82. The van der Waals surface area contributed by atoms with Crippen molar-refractivity contribution >= 4 is 31.3 Å². The number of carbonyl (C=O) groups is 2. The van der Waals surface area contributed by atoms with Crippen molar-refractivity contribution in [3.05, 3.63) is 30.3 Å².